The van der Waals surface area contributed by atoms with E-state index in [9.17, 15) is 0 Å². The Morgan fingerprint density at radius 3 is 2.28 bits per heavy atom. The van der Waals surface area contributed by atoms with E-state index in [1.54, 1.807) is 11.3 Å². The molecule has 0 N–H and O–H groups in total. The van der Waals surface area contributed by atoms with Crippen LogP contribution in [-0.4, -0.2) is 4.98 Å². The quantitative estimate of drug-likeness (QED) is 0.247. The highest BCUT2D eigenvalue weighted by Gasteiger charge is 2.21. The molecule has 36 heavy (non-hydrogen) atoms. The van der Waals surface area contributed by atoms with Crippen LogP contribution < -0.4 is 0 Å². The number of benzene rings is 3. The maximum Gasteiger partial charge on any atom is 0.153 e. The van der Waals surface area contributed by atoms with E-state index < -0.39 is 0 Å². The predicted octanol–water partition coefficient (Wildman–Crippen LogP) is 10.0. The van der Waals surface area contributed by atoms with Gasteiger partial charge in [-0.3, -0.25) is 4.98 Å². The number of rotatable bonds is 3. The van der Waals surface area contributed by atoms with Crippen molar-refractivity contribution in [3.05, 3.63) is 88.4 Å². The maximum atomic E-state index is 6.64. The largest absolute Gasteiger partial charge is 0.454 e. The van der Waals surface area contributed by atoms with E-state index in [2.05, 4.69) is 108 Å². The van der Waals surface area contributed by atoms with Crippen LogP contribution in [0.2, 0.25) is 0 Å². The molecular formula is C33H31NOS. The van der Waals surface area contributed by atoms with E-state index >= 15 is 0 Å². The number of furan rings is 1. The number of aromatic nitrogens is 1. The molecule has 180 valence electrons. The highest BCUT2D eigenvalue weighted by molar-refractivity contribution is 7.19. The standard InChI is InChI=1S/C33H31NOS/c1-19-9-7-10-20(2)29(19)27-16-28(34-18-23(27)17-33(4,5)6)26-12-8-11-24-25-14-13-22-15-21(3)36-32(22)31(25)35-30(24)26/h7-16,18H,17H2,1-6H3. The summed E-state index contributed by atoms with van der Waals surface area (Å²) < 4.78 is 7.86. The van der Waals surface area contributed by atoms with E-state index in [0.717, 1.165) is 34.2 Å². The molecule has 6 rings (SSSR count). The third-order valence-electron chi connectivity index (χ3n) is 7.01. The summed E-state index contributed by atoms with van der Waals surface area (Å²) in [5, 5.41) is 3.55. The van der Waals surface area contributed by atoms with Gasteiger partial charge in [-0.05, 0) is 90.1 Å². The zero-order chi connectivity index (χ0) is 25.2. The highest BCUT2D eigenvalue weighted by Crippen LogP contribution is 2.42. The Morgan fingerprint density at radius 1 is 0.806 bits per heavy atom. The summed E-state index contributed by atoms with van der Waals surface area (Å²) in [6, 6.07) is 21.9. The summed E-state index contributed by atoms with van der Waals surface area (Å²) in [6.07, 6.45) is 3.05. The molecular weight excluding hydrogens is 458 g/mol. The molecule has 6 aromatic rings. The van der Waals surface area contributed by atoms with Gasteiger partial charge in [0.2, 0.25) is 0 Å². The van der Waals surface area contributed by atoms with Gasteiger partial charge in [0.15, 0.2) is 5.58 Å². The van der Waals surface area contributed by atoms with Crippen molar-refractivity contribution >= 4 is 43.4 Å². The Bertz CT molecular complexity index is 1760. The Balaban J connectivity index is 1.61. The van der Waals surface area contributed by atoms with Crippen LogP contribution >= 0.6 is 11.3 Å². The molecule has 0 bridgehead atoms. The Kier molecular flexibility index (Phi) is 5.31. The van der Waals surface area contributed by atoms with E-state index in [1.807, 2.05) is 0 Å². The van der Waals surface area contributed by atoms with Gasteiger partial charge >= 0.3 is 0 Å². The van der Waals surface area contributed by atoms with Gasteiger partial charge in [0.05, 0.1) is 10.4 Å². The molecule has 3 aromatic heterocycles. The van der Waals surface area contributed by atoms with Crippen molar-refractivity contribution < 1.29 is 4.42 Å². The van der Waals surface area contributed by atoms with Crippen LogP contribution in [0.4, 0.5) is 0 Å². The molecule has 0 unspecified atom stereocenters. The second-order valence-corrected chi connectivity index (χ2v) is 12.5. The summed E-state index contributed by atoms with van der Waals surface area (Å²) in [5.41, 5.74) is 10.5. The van der Waals surface area contributed by atoms with E-state index in [4.69, 9.17) is 9.40 Å². The van der Waals surface area contributed by atoms with Gasteiger partial charge in [0.25, 0.3) is 0 Å². The maximum absolute atomic E-state index is 6.64. The number of hydrogen-bond acceptors (Lipinski definition) is 3. The van der Waals surface area contributed by atoms with Gasteiger partial charge in [-0.2, -0.15) is 0 Å². The van der Waals surface area contributed by atoms with Crippen molar-refractivity contribution in [3.8, 4) is 22.4 Å². The molecule has 0 aliphatic rings. The number of hydrogen-bond donors (Lipinski definition) is 0. The fourth-order valence-corrected chi connectivity index (χ4v) is 6.49. The molecule has 0 aliphatic heterocycles. The lowest BCUT2D eigenvalue weighted by Crippen LogP contribution is -2.11. The number of pyridine rings is 1. The zero-order valence-electron chi connectivity index (χ0n) is 21.8. The minimum Gasteiger partial charge on any atom is -0.454 e. The van der Waals surface area contributed by atoms with Crippen molar-refractivity contribution in [2.45, 2.75) is 48.0 Å². The van der Waals surface area contributed by atoms with Crippen molar-refractivity contribution in [1.29, 1.82) is 0 Å². The monoisotopic (exact) mass is 489 g/mol. The lowest BCUT2D eigenvalue weighted by atomic mass is 9.83. The summed E-state index contributed by atoms with van der Waals surface area (Å²) in [7, 11) is 0. The number of para-hydroxylation sites is 1. The summed E-state index contributed by atoms with van der Waals surface area (Å²) in [5.74, 6) is 0. The first-order chi connectivity index (χ1) is 17.2. The van der Waals surface area contributed by atoms with Gasteiger partial charge < -0.3 is 4.42 Å². The molecule has 0 saturated heterocycles. The lowest BCUT2D eigenvalue weighted by Gasteiger charge is -2.22. The Labute approximate surface area is 216 Å². The third-order valence-corrected chi connectivity index (χ3v) is 8.07. The first-order valence-electron chi connectivity index (χ1n) is 12.6. The first kappa shape index (κ1) is 23.0. The molecule has 0 atom stereocenters. The van der Waals surface area contributed by atoms with Crippen LogP contribution in [0.1, 0.15) is 42.3 Å². The minimum absolute atomic E-state index is 0.164. The molecule has 0 fully saturated rings. The predicted molar refractivity (Wildman–Crippen MR) is 155 cm³/mol. The first-order valence-corrected chi connectivity index (χ1v) is 13.4. The second-order valence-electron chi connectivity index (χ2n) is 11.2. The van der Waals surface area contributed by atoms with E-state index in [0.29, 0.717) is 0 Å². The van der Waals surface area contributed by atoms with Gasteiger partial charge in [0, 0.05) is 27.4 Å². The molecule has 3 heterocycles. The number of nitrogens with zero attached hydrogens (tertiary/aromatic N) is 1. The molecule has 0 radical (unpaired) electrons. The molecule has 0 amide bonds. The van der Waals surface area contributed by atoms with Crippen LogP contribution in [-0.2, 0) is 6.42 Å². The molecule has 0 spiro atoms. The van der Waals surface area contributed by atoms with Crippen LogP contribution in [0, 0.1) is 26.2 Å². The Morgan fingerprint density at radius 2 is 1.53 bits per heavy atom. The summed E-state index contributed by atoms with van der Waals surface area (Å²) >= 11 is 1.80. The van der Waals surface area contributed by atoms with Crippen molar-refractivity contribution in [1.82, 2.24) is 4.98 Å². The van der Waals surface area contributed by atoms with Crippen LogP contribution in [0.5, 0.6) is 0 Å². The van der Waals surface area contributed by atoms with Gasteiger partial charge in [-0.25, -0.2) is 0 Å². The molecule has 0 aliphatic carbocycles. The highest BCUT2D eigenvalue weighted by atomic mass is 32.1. The minimum atomic E-state index is 0.164. The SMILES string of the molecule is Cc1cc2ccc3c4cccc(-c5cc(-c6c(C)cccc6C)c(CC(C)(C)C)cn5)c4oc3c2s1. The average molecular weight is 490 g/mol. The van der Waals surface area contributed by atoms with Gasteiger partial charge in [0.1, 0.15) is 5.58 Å². The molecule has 3 heteroatoms. The number of aryl methyl sites for hydroxylation is 3. The fourth-order valence-electron chi connectivity index (χ4n) is 5.50. The van der Waals surface area contributed by atoms with Crippen LogP contribution in [0.25, 0.3) is 54.4 Å². The molecule has 0 saturated carbocycles. The Hall–Kier alpha value is -3.43. The number of fused-ring (bicyclic) bond motifs is 5. The topological polar surface area (TPSA) is 26.0 Å². The smallest absolute Gasteiger partial charge is 0.153 e. The van der Waals surface area contributed by atoms with Crippen molar-refractivity contribution in [3.63, 3.8) is 0 Å². The van der Waals surface area contributed by atoms with Gasteiger partial charge in [-0.15, -0.1) is 11.3 Å². The van der Waals surface area contributed by atoms with Gasteiger partial charge in [-0.1, -0.05) is 57.2 Å². The summed E-state index contributed by atoms with van der Waals surface area (Å²) in [6.45, 7) is 13.4. The zero-order valence-corrected chi connectivity index (χ0v) is 22.6. The normalized spacial score (nSPS) is 12.3. The molecule has 3 aromatic carbocycles. The van der Waals surface area contributed by atoms with Crippen molar-refractivity contribution in [2.24, 2.45) is 5.41 Å². The third kappa shape index (κ3) is 3.83. The average Bonchev–Trinajstić information content (AvgIpc) is 3.38. The van der Waals surface area contributed by atoms with Crippen LogP contribution in [0.15, 0.2) is 71.3 Å². The van der Waals surface area contributed by atoms with Crippen molar-refractivity contribution in [2.75, 3.05) is 0 Å². The van der Waals surface area contributed by atoms with Crippen LogP contribution in [0.3, 0.4) is 0 Å². The second kappa shape index (κ2) is 8.31. The van der Waals surface area contributed by atoms with E-state index in [1.165, 1.54) is 48.2 Å². The molecule has 2 nitrogen and oxygen atoms in total. The lowest BCUT2D eigenvalue weighted by molar-refractivity contribution is 0.411. The fraction of sp³-hybridized carbons (Fsp3) is 0.242. The summed E-state index contributed by atoms with van der Waals surface area (Å²) in [4.78, 5) is 6.31. The van der Waals surface area contributed by atoms with E-state index in [-0.39, 0.29) is 5.41 Å². The number of thiophene rings is 1.